The van der Waals surface area contributed by atoms with Crippen LogP contribution in [0.25, 0.3) is 0 Å². The molecule has 0 saturated carbocycles. The summed E-state index contributed by atoms with van der Waals surface area (Å²) in [5, 5.41) is 12.4. The second-order valence-electron chi connectivity index (χ2n) is 5.81. The number of carbonyl (C=O) groups is 1. The van der Waals surface area contributed by atoms with Gasteiger partial charge < -0.3 is 10.4 Å². The molecule has 0 fully saturated rings. The number of rotatable bonds is 7. The van der Waals surface area contributed by atoms with Crippen LogP contribution in [0.3, 0.4) is 0 Å². The third-order valence-electron chi connectivity index (χ3n) is 3.84. The van der Waals surface area contributed by atoms with Crippen LogP contribution in [-0.2, 0) is 13.0 Å². The van der Waals surface area contributed by atoms with Gasteiger partial charge in [0.1, 0.15) is 0 Å². The molecule has 2 aromatic carbocycles. The molecular formula is C19H23NO2. The SMILES string of the molecule is Cc1ccc(CCC(C)NCc2ccc(C(=O)O)cc2)cc1. The predicted octanol–water partition coefficient (Wildman–Crippen LogP) is 3.80. The van der Waals surface area contributed by atoms with E-state index < -0.39 is 5.97 Å². The quantitative estimate of drug-likeness (QED) is 0.817. The van der Waals surface area contributed by atoms with Crippen LogP contribution in [-0.4, -0.2) is 17.1 Å². The van der Waals surface area contributed by atoms with Gasteiger partial charge in [0, 0.05) is 12.6 Å². The highest BCUT2D eigenvalue weighted by atomic mass is 16.4. The number of nitrogens with one attached hydrogen (secondary N) is 1. The molecule has 0 heterocycles. The third kappa shape index (κ3) is 5.01. The van der Waals surface area contributed by atoms with Gasteiger partial charge in [-0.05, 0) is 49.9 Å². The van der Waals surface area contributed by atoms with E-state index in [4.69, 9.17) is 5.11 Å². The Bertz CT molecular complexity index is 602. The van der Waals surface area contributed by atoms with E-state index in [1.165, 1.54) is 11.1 Å². The van der Waals surface area contributed by atoms with Gasteiger partial charge in [0.2, 0.25) is 0 Å². The Balaban J connectivity index is 1.76. The monoisotopic (exact) mass is 297 g/mol. The number of carboxylic acids is 1. The molecule has 3 heteroatoms. The standard InChI is InChI=1S/C19H23NO2/c1-14-3-6-16(7-4-14)8-5-15(2)20-13-17-9-11-18(12-10-17)19(21)22/h3-4,6-7,9-12,15,20H,5,8,13H2,1-2H3,(H,21,22). The van der Waals surface area contributed by atoms with E-state index in [9.17, 15) is 4.79 Å². The van der Waals surface area contributed by atoms with Gasteiger partial charge in [-0.3, -0.25) is 0 Å². The lowest BCUT2D eigenvalue weighted by Gasteiger charge is -2.14. The molecule has 1 atom stereocenters. The molecule has 0 aromatic heterocycles. The summed E-state index contributed by atoms with van der Waals surface area (Å²) >= 11 is 0. The normalized spacial score (nSPS) is 12.1. The number of hydrogen-bond acceptors (Lipinski definition) is 2. The number of carboxylic acid groups (broad SMARTS) is 1. The van der Waals surface area contributed by atoms with Gasteiger partial charge in [0.05, 0.1) is 5.56 Å². The van der Waals surface area contributed by atoms with Gasteiger partial charge in [0.15, 0.2) is 0 Å². The molecule has 0 amide bonds. The number of aryl methyl sites for hydroxylation is 2. The van der Waals surface area contributed by atoms with E-state index in [1.54, 1.807) is 12.1 Å². The lowest BCUT2D eigenvalue weighted by atomic mass is 10.0. The molecule has 0 aliphatic carbocycles. The summed E-state index contributed by atoms with van der Waals surface area (Å²) in [6.45, 7) is 5.04. The van der Waals surface area contributed by atoms with E-state index >= 15 is 0 Å². The highest BCUT2D eigenvalue weighted by molar-refractivity contribution is 5.87. The fraction of sp³-hybridized carbons (Fsp3) is 0.316. The Hall–Kier alpha value is -2.13. The van der Waals surface area contributed by atoms with Crippen LogP contribution < -0.4 is 5.32 Å². The smallest absolute Gasteiger partial charge is 0.335 e. The first-order chi connectivity index (χ1) is 10.5. The van der Waals surface area contributed by atoms with Crippen molar-refractivity contribution in [2.45, 2.75) is 39.3 Å². The van der Waals surface area contributed by atoms with Gasteiger partial charge in [-0.25, -0.2) is 4.79 Å². The fourth-order valence-electron chi connectivity index (χ4n) is 2.30. The lowest BCUT2D eigenvalue weighted by Crippen LogP contribution is -2.26. The van der Waals surface area contributed by atoms with E-state index in [-0.39, 0.29) is 0 Å². The molecule has 0 bridgehead atoms. The molecular weight excluding hydrogens is 274 g/mol. The zero-order valence-electron chi connectivity index (χ0n) is 13.2. The maximum absolute atomic E-state index is 10.8. The molecule has 0 radical (unpaired) electrons. The van der Waals surface area contributed by atoms with Gasteiger partial charge in [-0.1, -0.05) is 42.0 Å². The van der Waals surface area contributed by atoms with E-state index in [0.29, 0.717) is 11.6 Å². The minimum Gasteiger partial charge on any atom is -0.478 e. The first kappa shape index (κ1) is 16.2. The molecule has 0 aliphatic heterocycles. The molecule has 3 nitrogen and oxygen atoms in total. The molecule has 2 N–H and O–H groups in total. The maximum atomic E-state index is 10.8. The summed E-state index contributed by atoms with van der Waals surface area (Å²) in [5.74, 6) is -0.883. The molecule has 0 saturated heterocycles. The van der Waals surface area contributed by atoms with Gasteiger partial charge in [0.25, 0.3) is 0 Å². The van der Waals surface area contributed by atoms with Crippen LogP contribution in [0, 0.1) is 6.92 Å². The van der Waals surface area contributed by atoms with Crippen molar-refractivity contribution >= 4 is 5.97 Å². The topological polar surface area (TPSA) is 49.3 Å². The average Bonchev–Trinajstić information content (AvgIpc) is 2.52. The second-order valence-corrected chi connectivity index (χ2v) is 5.81. The molecule has 0 spiro atoms. The molecule has 2 rings (SSSR count). The van der Waals surface area contributed by atoms with E-state index in [2.05, 4.69) is 43.4 Å². The van der Waals surface area contributed by atoms with Crippen molar-refractivity contribution in [2.75, 3.05) is 0 Å². The highest BCUT2D eigenvalue weighted by Gasteiger charge is 2.04. The summed E-state index contributed by atoms with van der Waals surface area (Å²) in [6, 6.07) is 16.1. The third-order valence-corrected chi connectivity index (χ3v) is 3.84. The van der Waals surface area contributed by atoms with Crippen molar-refractivity contribution in [3.63, 3.8) is 0 Å². The van der Waals surface area contributed by atoms with Crippen LogP contribution >= 0.6 is 0 Å². The van der Waals surface area contributed by atoms with Crippen molar-refractivity contribution in [1.29, 1.82) is 0 Å². The Morgan fingerprint density at radius 1 is 1.05 bits per heavy atom. The van der Waals surface area contributed by atoms with Crippen molar-refractivity contribution in [3.05, 3.63) is 70.8 Å². The Labute approximate surface area is 132 Å². The van der Waals surface area contributed by atoms with Crippen LogP contribution in [0.5, 0.6) is 0 Å². The number of benzene rings is 2. The second kappa shape index (κ2) is 7.76. The predicted molar refractivity (Wildman–Crippen MR) is 89.2 cm³/mol. The molecule has 0 aliphatic rings. The molecule has 22 heavy (non-hydrogen) atoms. The summed E-state index contributed by atoms with van der Waals surface area (Å²) in [5.41, 5.74) is 4.09. The van der Waals surface area contributed by atoms with Gasteiger partial charge in [-0.15, -0.1) is 0 Å². The highest BCUT2D eigenvalue weighted by Crippen LogP contribution is 2.09. The summed E-state index contributed by atoms with van der Waals surface area (Å²) < 4.78 is 0. The maximum Gasteiger partial charge on any atom is 0.335 e. The van der Waals surface area contributed by atoms with Gasteiger partial charge in [-0.2, -0.15) is 0 Å². The largest absolute Gasteiger partial charge is 0.478 e. The van der Waals surface area contributed by atoms with Crippen LogP contribution in [0.4, 0.5) is 0 Å². The lowest BCUT2D eigenvalue weighted by molar-refractivity contribution is 0.0697. The van der Waals surface area contributed by atoms with Crippen molar-refractivity contribution in [2.24, 2.45) is 0 Å². The molecule has 1 unspecified atom stereocenters. The van der Waals surface area contributed by atoms with Crippen LogP contribution in [0.2, 0.25) is 0 Å². The summed E-state index contributed by atoms with van der Waals surface area (Å²) in [6.07, 6.45) is 2.14. The minimum absolute atomic E-state index is 0.330. The zero-order chi connectivity index (χ0) is 15.9. The zero-order valence-corrected chi connectivity index (χ0v) is 13.2. The van der Waals surface area contributed by atoms with Crippen LogP contribution in [0.15, 0.2) is 48.5 Å². The average molecular weight is 297 g/mol. The number of hydrogen-bond donors (Lipinski definition) is 2. The summed E-state index contributed by atoms with van der Waals surface area (Å²) in [7, 11) is 0. The first-order valence-corrected chi connectivity index (χ1v) is 7.66. The first-order valence-electron chi connectivity index (χ1n) is 7.66. The Morgan fingerprint density at radius 3 is 2.23 bits per heavy atom. The summed E-state index contributed by atoms with van der Waals surface area (Å²) in [4.78, 5) is 10.8. The Morgan fingerprint density at radius 2 is 1.64 bits per heavy atom. The van der Waals surface area contributed by atoms with Crippen molar-refractivity contribution in [3.8, 4) is 0 Å². The van der Waals surface area contributed by atoms with Crippen molar-refractivity contribution < 1.29 is 9.90 Å². The van der Waals surface area contributed by atoms with Gasteiger partial charge >= 0.3 is 5.97 Å². The molecule has 2 aromatic rings. The van der Waals surface area contributed by atoms with Crippen molar-refractivity contribution in [1.82, 2.24) is 5.32 Å². The minimum atomic E-state index is -0.883. The van der Waals surface area contributed by atoms with E-state index in [1.807, 2.05) is 12.1 Å². The number of aromatic carboxylic acids is 1. The Kier molecular flexibility index (Phi) is 5.73. The van der Waals surface area contributed by atoms with E-state index in [0.717, 1.165) is 24.9 Å². The molecule has 116 valence electrons. The fourth-order valence-corrected chi connectivity index (χ4v) is 2.30. The van der Waals surface area contributed by atoms with Crippen LogP contribution in [0.1, 0.15) is 40.4 Å².